The van der Waals surface area contributed by atoms with E-state index in [1.807, 2.05) is 35.0 Å². The average Bonchev–Trinajstić information content (AvgIpc) is 2.58. The second-order valence-electron chi connectivity index (χ2n) is 3.16. The third-order valence-corrected chi connectivity index (χ3v) is 2.33. The van der Waals surface area contributed by atoms with Crippen molar-refractivity contribution in [3.05, 3.63) is 36.0 Å². The van der Waals surface area contributed by atoms with Crippen LogP contribution in [-0.2, 0) is 13.1 Å². The second-order valence-corrected chi connectivity index (χ2v) is 3.16. The van der Waals surface area contributed by atoms with Gasteiger partial charge in [0, 0.05) is 23.6 Å². The zero-order chi connectivity index (χ0) is 9.97. The molecule has 0 unspecified atom stereocenters. The monoisotopic (exact) mass is 185 g/mol. The molecule has 0 fully saturated rings. The molecule has 2 aromatic rings. The molecule has 0 bridgehead atoms. The minimum atomic E-state index is 0.376. The molecule has 1 aromatic heterocycles. The van der Waals surface area contributed by atoms with Gasteiger partial charge in [0.15, 0.2) is 0 Å². The van der Waals surface area contributed by atoms with Crippen LogP contribution in [0.25, 0.3) is 10.9 Å². The van der Waals surface area contributed by atoms with Crippen molar-refractivity contribution in [2.24, 2.45) is 5.73 Å². The summed E-state index contributed by atoms with van der Waals surface area (Å²) in [6, 6.07) is 10.1. The van der Waals surface area contributed by atoms with Gasteiger partial charge in [0.1, 0.15) is 6.54 Å². The van der Waals surface area contributed by atoms with Gasteiger partial charge in [-0.15, -0.1) is 0 Å². The zero-order valence-electron chi connectivity index (χ0n) is 7.77. The van der Waals surface area contributed by atoms with Crippen LogP contribution in [0.2, 0.25) is 0 Å². The molecular weight excluding hydrogens is 174 g/mol. The molecule has 0 atom stereocenters. The Morgan fingerprint density at radius 3 is 2.86 bits per heavy atom. The molecular formula is C11H11N3. The number of nitrogens with zero attached hydrogens (tertiary/aromatic N) is 2. The summed E-state index contributed by atoms with van der Waals surface area (Å²) in [5.74, 6) is 0. The lowest BCUT2D eigenvalue weighted by molar-refractivity contribution is 0.865. The van der Waals surface area contributed by atoms with E-state index in [9.17, 15) is 0 Å². The van der Waals surface area contributed by atoms with Crippen LogP contribution >= 0.6 is 0 Å². The van der Waals surface area contributed by atoms with Gasteiger partial charge in [0.2, 0.25) is 0 Å². The second kappa shape index (κ2) is 3.52. The van der Waals surface area contributed by atoms with Gasteiger partial charge in [-0.1, -0.05) is 18.2 Å². The molecule has 3 heteroatoms. The van der Waals surface area contributed by atoms with Crippen molar-refractivity contribution in [2.75, 3.05) is 0 Å². The first-order valence-electron chi connectivity index (χ1n) is 4.50. The predicted molar refractivity (Wildman–Crippen MR) is 55.4 cm³/mol. The van der Waals surface area contributed by atoms with Crippen molar-refractivity contribution >= 4 is 10.9 Å². The van der Waals surface area contributed by atoms with E-state index < -0.39 is 0 Å². The van der Waals surface area contributed by atoms with E-state index in [0.29, 0.717) is 13.1 Å². The van der Waals surface area contributed by atoms with E-state index in [1.165, 1.54) is 0 Å². The minimum absolute atomic E-state index is 0.376. The van der Waals surface area contributed by atoms with E-state index in [2.05, 4.69) is 6.07 Å². The highest BCUT2D eigenvalue weighted by Gasteiger charge is 2.05. The largest absolute Gasteiger partial charge is 0.333 e. The molecule has 3 nitrogen and oxygen atoms in total. The van der Waals surface area contributed by atoms with Crippen LogP contribution in [0.1, 0.15) is 5.56 Å². The number of para-hydroxylation sites is 1. The zero-order valence-corrected chi connectivity index (χ0v) is 7.77. The number of aromatic nitrogens is 1. The fourth-order valence-electron chi connectivity index (χ4n) is 1.69. The summed E-state index contributed by atoms with van der Waals surface area (Å²) in [6.07, 6.45) is 1.95. The van der Waals surface area contributed by atoms with Crippen LogP contribution in [0.4, 0.5) is 0 Å². The van der Waals surface area contributed by atoms with Crippen molar-refractivity contribution in [3.63, 3.8) is 0 Å². The Morgan fingerprint density at radius 2 is 2.14 bits per heavy atom. The smallest absolute Gasteiger partial charge is 0.110 e. The molecule has 0 radical (unpaired) electrons. The van der Waals surface area contributed by atoms with E-state index in [4.69, 9.17) is 11.0 Å². The highest BCUT2D eigenvalue weighted by atomic mass is 15.0. The van der Waals surface area contributed by atoms with Gasteiger partial charge >= 0.3 is 0 Å². The highest BCUT2D eigenvalue weighted by molar-refractivity contribution is 5.83. The molecule has 0 aliphatic carbocycles. The molecule has 0 spiro atoms. The predicted octanol–water partition coefficient (Wildman–Crippen LogP) is 1.62. The molecule has 0 saturated carbocycles. The van der Waals surface area contributed by atoms with Crippen LogP contribution in [0.5, 0.6) is 0 Å². The fourth-order valence-corrected chi connectivity index (χ4v) is 1.69. The molecule has 0 aliphatic heterocycles. The Hall–Kier alpha value is -1.79. The first-order valence-corrected chi connectivity index (χ1v) is 4.50. The summed E-state index contributed by atoms with van der Waals surface area (Å²) in [5, 5.41) is 9.80. The molecule has 0 aliphatic rings. The molecule has 1 heterocycles. The van der Waals surface area contributed by atoms with Crippen LogP contribution in [0, 0.1) is 11.3 Å². The number of hydrogen-bond acceptors (Lipinski definition) is 2. The summed E-state index contributed by atoms with van der Waals surface area (Å²) in [7, 11) is 0. The Labute approximate surface area is 82.4 Å². The molecule has 14 heavy (non-hydrogen) atoms. The van der Waals surface area contributed by atoms with Crippen molar-refractivity contribution in [1.82, 2.24) is 4.57 Å². The molecule has 70 valence electrons. The number of rotatable bonds is 2. The molecule has 2 rings (SSSR count). The van der Waals surface area contributed by atoms with E-state index in [-0.39, 0.29) is 0 Å². The summed E-state index contributed by atoms with van der Waals surface area (Å²) in [6.45, 7) is 0.888. The van der Waals surface area contributed by atoms with Gasteiger partial charge in [-0.2, -0.15) is 5.26 Å². The topological polar surface area (TPSA) is 54.7 Å². The Morgan fingerprint density at radius 1 is 1.36 bits per heavy atom. The van der Waals surface area contributed by atoms with Crippen LogP contribution < -0.4 is 5.73 Å². The normalized spacial score (nSPS) is 10.3. The maximum absolute atomic E-state index is 8.66. The fraction of sp³-hybridized carbons (Fsp3) is 0.182. The van der Waals surface area contributed by atoms with Gasteiger partial charge < -0.3 is 10.3 Å². The molecule has 0 saturated heterocycles. The first kappa shape index (κ1) is 8.79. The number of nitrogens with two attached hydrogens (primary N) is 1. The maximum atomic E-state index is 8.66. The summed E-state index contributed by atoms with van der Waals surface area (Å²) >= 11 is 0. The third kappa shape index (κ3) is 1.26. The van der Waals surface area contributed by atoms with Crippen molar-refractivity contribution in [3.8, 4) is 6.07 Å². The van der Waals surface area contributed by atoms with Gasteiger partial charge in [0.05, 0.1) is 6.07 Å². The molecule has 2 N–H and O–H groups in total. The standard InChI is InChI=1S/C11H11N3/c12-5-6-14-8-9(7-13)10-3-1-2-4-11(10)14/h1-4,8H,6-7,13H2. The van der Waals surface area contributed by atoms with Crippen molar-refractivity contribution in [2.45, 2.75) is 13.1 Å². The Bertz CT molecular complexity index is 491. The third-order valence-electron chi connectivity index (χ3n) is 2.33. The summed E-state index contributed by atoms with van der Waals surface area (Å²) in [4.78, 5) is 0. The average molecular weight is 185 g/mol. The maximum Gasteiger partial charge on any atom is 0.110 e. The van der Waals surface area contributed by atoms with Gasteiger partial charge in [-0.25, -0.2) is 0 Å². The quantitative estimate of drug-likeness (QED) is 0.773. The van der Waals surface area contributed by atoms with E-state index in [0.717, 1.165) is 16.5 Å². The molecule has 1 aromatic carbocycles. The summed E-state index contributed by atoms with van der Waals surface area (Å²) in [5.41, 5.74) is 7.80. The van der Waals surface area contributed by atoms with Gasteiger partial charge in [0.25, 0.3) is 0 Å². The lowest BCUT2D eigenvalue weighted by Crippen LogP contribution is -1.95. The van der Waals surface area contributed by atoms with Crippen LogP contribution in [0.3, 0.4) is 0 Å². The number of benzene rings is 1. The Balaban J connectivity index is 2.68. The van der Waals surface area contributed by atoms with Gasteiger partial charge in [-0.05, 0) is 11.6 Å². The first-order chi connectivity index (χ1) is 6.86. The van der Waals surface area contributed by atoms with Gasteiger partial charge in [-0.3, -0.25) is 0 Å². The number of nitriles is 1. The molecule has 0 amide bonds. The lowest BCUT2D eigenvalue weighted by atomic mass is 10.2. The SMILES string of the molecule is N#CCn1cc(CN)c2ccccc21. The summed E-state index contributed by atoms with van der Waals surface area (Å²) < 4.78 is 1.93. The van der Waals surface area contributed by atoms with E-state index in [1.54, 1.807) is 0 Å². The highest BCUT2D eigenvalue weighted by Crippen LogP contribution is 2.20. The van der Waals surface area contributed by atoms with Crippen LogP contribution in [0.15, 0.2) is 30.5 Å². The van der Waals surface area contributed by atoms with Crippen molar-refractivity contribution in [1.29, 1.82) is 5.26 Å². The number of hydrogen-bond donors (Lipinski definition) is 1. The number of fused-ring (bicyclic) bond motifs is 1. The van der Waals surface area contributed by atoms with Crippen LogP contribution in [-0.4, -0.2) is 4.57 Å². The Kier molecular flexibility index (Phi) is 2.21. The van der Waals surface area contributed by atoms with Crippen molar-refractivity contribution < 1.29 is 0 Å². The minimum Gasteiger partial charge on any atom is -0.333 e. The lowest BCUT2D eigenvalue weighted by Gasteiger charge is -1.96. The van der Waals surface area contributed by atoms with E-state index >= 15 is 0 Å².